The highest BCUT2D eigenvalue weighted by atomic mass is 28.2. The molecule has 17 heavy (non-hydrogen) atoms. The maximum absolute atomic E-state index is 11.3. The predicted octanol–water partition coefficient (Wildman–Crippen LogP) is -3.48. The van der Waals surface area contributed by atoms with Gasteiger partial charge < -0.3 is 30.8 Å². The first-order valence-electron chi connectivity index (χ1n) is 5.06. The molecule has 0 rings (SSSR count). The Morgan fingerprint density at radius 1 is 1.47 bits per heavy atom. The van der Waals surface area contributed by atoms with E-state index in [0.717, 1.165) is 0 Å². The van der Waals surface area contributed by atoms with Gasteiger partial charge in [0.15, 0.2) is 15.5 Å². The van der Waals surface area contributed by atoms with Crippen molar-refractivity contribution in [3.63, 3.8) is 0 Å². The highest BCUT2D eigenvalue weighted by Crippen LogP contribution is 2.00. The Labute approximate surface area is 101 Å². The number of amides is 1. The first kappa shape index (κ1) is 16.2. The maximum Gasteiger partial charge on any atom is 0.394 e. The fraction of sp³-hybridized carbons (Fsp3) is 0.750. The summed E-state index contributed by atoms with van der Waals surface area (Å²) in [6.45, 7) is 1.17. The number of nitrogens with two attached hydrogens (primary N) is 1. The summed E-state index contributed by atoms with van der Waals surface area (Å²) >= 11 is 0. The van der Waals surface area contributed by atoms with Gasteiger partial charge >= 0.3 is 6.16 Å². The fourth-order valence-electron chi connectivity index (χ4n) is 1.02. The van der Waals surface area contributed by atoms with E-state index in [1.165, 1.54) is 6.92 Å². The second kappa shape index (κ2) is 7.48. The minimum Gasteiger partial charge on any atom is -0.353 e. The predicted molar refractivity (Wildman–Crippen MR) is 60.1 cm³/mol. The normalized spacial score (nSPS) is 13.9. The zero-order chi connectivity index (χ0) is 13.5. The zero-order valence-electron chi connectivity index (χ0n) is 9.55. The molecule has 0 bridgehead atoms. The third-order valence-corrected chi connectivity index (χ3v) is 3.17. The minimum atomic E-state index is -3.10. The third kappa shape index (κ3) is 10.1. The number of ketones is 1. The molecule has 0 spiro atoms. The Morgan fingerprint density at radius 3 is 2.53 bits per heavy atom. The summed E-state index contributed by atoms with van der Waals surface area (Å²) in [5.74, 6) is -0.619. The van der Waals surface area contributed by atoms with Gasteiger partial charge in [-0.05, 0) is 12.5 Å². The third-order valence-electron chi connectivity index (χ3n) is 1.88. The van der Waals surface area contributed by atoms with Crippen LogP contribution in [0.5, 0.6) is 0 Å². The molecule has 0 aliphatic carbocycles. The lowest BCUT2D eigenvalue weighted by molar-refractivity contribution is -0.421. The van der Waals surface area contributed by atoms with Crippen molar-refractivity contribution in [2.75, 3.05) is 6.54 Å². The van der Waals surface area contributed by atoms with Gasteiger partial charge in [-0.25, -0.2) is 0 Å². The first-order chi connectivity index (χ1) is 7.72. The summed E-state index contributed by atoms with van der Waals surface area (Å²) < 4.78 is 4.33. The summed E-state index contributed by atoms with van der Waals surface area (Å²) in [6, 6.07) is -0.334. The van der Waals surface area contributed by atoms with Crippen LogP contribution in [0.3, 0.4) is 0 Å². The molecule has 1 atom stereocenters. The molecule has 0 aromatic carbocycles. The number of rotatable bonds is 8. The van der Waals surface area contributed by atoms with Crippen molar-refractivity contribution in [2.24, 2.45) is 5.73 Å². The van der Waals surface area contributed by atoms with Gasteiger partial charge in [0, 0.05) is 6.92 Å². The Bertz CT molecular complexity index is 267. The molecule has 100 valence electrons. The van der Waals surface area contributed by atoms with Crippen molar-refractivity contribution < 1.29 is 29.3 Å². The van der Waals surface area contributed by atoms with Crippen molar-refractivity contribution in [3.8, 4) is 0 Å². The van der Waals surface area contributed by atoms with Gasteiger partial charge in [0.1, 0.15) is 0 Å². The molecule has 0 aliphatic heterocycles. The standard InChI is InChI=1S/C8H18N2O6Si/c1-5(11)10-4-7(12)6(9)2-3-17-16-8(13,14)15/h6,13-15H,2-4,9,17H2,1H3,(H,10,11). The molecule has 0 aliphatic rings. The van der Waals surface area contributed by atoms with Crippen LogP contribution in [0.4, 0.5) is 0 Å². The van der Waals surface area contributed by atoms with Crippen LogP contribution in [0.25, 0.3) is 0 Å². The van der Waals surface area contributed by atoms with Crippen LogP contribution >= 0.6 is 0 Å². The van der Waals surface area contributed by atoms with Crippen LogP contribution in [0.1, 0.15) is 13.3 Å². The van der Waals surface area contributed by atoms with Crippen molar-refractivity contribution in [1.82, 2.24) is 5.32 Å². The number of nitrogens with one attached hydrogen (secondary N) is 1. The number of Topliss-reactive ketones (excluding diaryl/α,β-unsaturated/α-hetero) is 1. The molecular formula is C8H18N2O6Si. The van der Waals surface area contributed by atoms with Crippen LogP contribution in [-0.2, 0) is 14.0 Å². The topological polar surface area (TPSA) is 142 Å². The molecule has 0 heterocycles. The van der Waals surface area contributed by atoms with E-state index < -0.39 is 22.0 Å². The number of hydrogen-bond donors (Lipinski definition) is 5. The molecule has 0 radical (unpaired) electrons. The average Bonchev–Trinajstić information content (AvgIpc) is 2.19. The number of carbonyl (C=O) groups excluding carboxylic acids is 2. The molecule has 9 heteroatoms. The van der Waals surface area contributed by atoms with Crippen molar-refractivity contribution in [1.29, 1.82) is 0 Å². The number of aliphatic hydroxyl groups is 3. The Balaban J connectivity index is 3.68. The Kier molecular flexibility index (Phi) is 7.11. The number of carbonyl (C=O) groups is 2. The van der Waals surface area contributed by atoms with E-state index in [9.17, 15) is 9.59 Å². The minimum absolute atomic E-state index is 0.122. The van der Waals surface area contributed by atoms with Gasteiger partial charge in [-0.1, -0.05) is 0 Å². The van der Waals surface area contributed by atoms with Gasteiger partial charge in [0.25, 0.3) is 0 Å². The van der Waals surface area contributed by atoms with Gasteiger partial charge in [-0.3, -0.25) is 9.59 Å². The summed E-state index contributed by atoms with van der Waals surface area (Å²) in [7, 11) is -1.37. The second-order valence-corrected chi connectivity index (χ2v) is 4.95. The fourth-order valence-corrected chi connectivity index (χ4v) is 2.04. The van der Waals surface area contributed by atoms with Crippen LogP contribution in [0.15, 0.2) is 0 Å². The van der Waals surface area contributed by atoms with Crippen molar-refractivity contribution >= 4 is 21.5 Å². The monoisotopic (exact) mass is 266 g/mol. The molecule has 0 aromatic heterocycles. The van der Waals surface area contributed by atoms with E-state index in [1.54, 1.807) is 0 Å². The molecule has 0 aromatic rings. The van der Waals surface area contributed by atoms with Gasteiger partial charge in [0.05, 0.1) is 12.6 Å². The average molecular weight is 266 g/mol. The largest absolute Gasteiger partial charge is 0.394 e. The smallest absolute Gasteiger partial charge is 0.353 e. The molecule has 0 saturated heterocycles. The highest BCUT2D eigenvalue weighted by Gasteiger charge is 2.19. The molecule has 0 fully saturated rings. The SMILES string of the molecule is CC(=O)NCC(=O)C(N)CC[SiH2]OC(O)(O)O. The maximum atomic E-state index is 11.3. The zero-order valence-corrected chi connectivity index (χ0v) is 11.0. The molecule has 0 saturated carbocycles. The van der Waals surface area contributed by atoms with E-state index in [1.807, 2.05) is 0 Å². The van der Waals surface area contributed by atoms with Gasteiger partial charge in [0.2, 0.25) is 5.91 Å². The summed E-state index contributed by atoms with van der Waals surface area (Å²) in [6.07, 6.45) is -2.79. The first-order valence-corrected chi connectivity index (χ1v) is 6.64. The van der Waals surface area contributed by atoms with Gasteiger partial charge in [-0.2, -0.15) is 0 Å². The lowest BCUT2D eigenvalue weighted by Crippen LogP contribution is -2.39. The molecular weight excluding hydrogens is 248 g/mol. The molecule has 1 unspecified atom stereocenters. The van der Waals surface area contributed by atoms with E-state index in [0.29, 0.717) is 12.5 Å². The van der Waals surface area contributed by atoms with Crippen molar-refractivity contribution in [2.45, 2.75) is 31.6 Å². The van der Waals surface area contributed by atoms with E-state index in [-0.39, 0.29) is 18.2 Å². The Morgan fingerprint density at radius 2 is 2.06 bits per heavy atom. The van der Waals surface area contributed by atoms with Crippen LogP contribution in [0.2, 0.25) is 6.04 Å². The summed E-state index contributed by atoms with van der Waals surface area (Å²) in [4.78, 5) is 21.9. The van der Waals surface area contributed by atoms with Crippen LogP contribution in [0, 0.1) is 0 Å². The lowest BCUT2D eigenvalue weighted by Gasteiger charge is -2.15. The number of hydrogen-bond acceptors (Lipinski definition) is 7. The van der Waals surface area contributed by atoms with E-state index in [2.05, 4.69) is 9.74 Å². The highest BCUT2D eigenvalue weighted by molar-refractivity contribution is 6.27. The molecule has 8 nitrogen and oxygen atoms in total. The second-order valence-electron chi connectivity index (χ2n) is 3.55. The summed E-state index contributed by atoms with van der Waals surface area (Å²) in [5.41, 5.74) is 5.53. The van der Waals surface area contributed by atoms with E-state index >= 15 is 0 Å². The Hall–Kier alpha value is -0.843. The van der Waals surface area contributed by atoms with Crippen LogP contribution in [-0.4, -0.2) is 55.5 Å². The molecule has 6 N–H and O–H groups in total. The van der Waals surface area contributed by atoms with E-state index in [4.69, 9.17) is 21.1 Å². The lowest BCUT2D eigenvalue weighted by atomic mass is 10.1. The van der Waals surface area contributed by atoms with Crippen molar-refractivity contribution in [3.05, 3.63) is 0 Å². The quantitative estimate of drug-likeness (QED) is 0.174. The van der Waals surface area contributed by atoms with Gasteiger partial charge in [-0.15, -0.1) is 0 Å². The van der Waals surface area contributed by atoms with Crippen LogP contribution < -0.4 is 11.1 Å². The molecule has 1 amide bonds. The summed E-state index contributed by atoms with van der Waals surface area (Å²) in [5, 5.41) is 27.6.